The van der Waals surface area contributed by atoms with E-state index in [1.54, 1.807) is 13.2 Å². The second kappa shape index (κ2) is 8.16. The molecule has 0 unspecified atom stereocenters. The lowest BCUT2D eigenvalue weighted by Gasteiger charge is -2.13. The molecule has 22 heavy (non-hydrogen) atoms. The van der Waals surface area contributed by atoms with Gasteiger partial charge in [0, 0.05) is 22.3 Å². The number of benzene rings is 2. The molecule has 3 nitrogen and oxygen atoms in total. The number of ether oxygens (including phenoxy) is 2. The van der Waals surface area contributed by atoms with Crippen LogP contribution in [0.2, 0.25) is 10.0 Å². The zero-order chi connectivity index (χ0) is 15.9. The van der Waals surface area contributed by atoms with E-state index in [9.17, 15) is 0 Å². The van der Waals surface area contributed by atoms with Gasteiger partial charge in [-0.05, 0) is 42.3 Å². The Morgan fingerprint density at radius 3 is 2.36 bits per heavy atom. The molecule has 0 saturated carbocycles. The van der Waals surface area contributed by atoms with Crippen LogP contribution in [0.5, 0.6) is 11.5 Å². The number of rotatable bonds is 7. The Morgan fingerprint density at radius 1 is 1.00 bits per heavy atom. The van der Waals surface area contributed by atoms with Crippen molar-refractivity contribution in [3.8, 4) is 11.5 Å². The first-order valence-electron chi connectivity index (χ1n) is 7.12. The van der Waals surface area contributed by atoms with E-state index in [4.69, 9.17) is 32.7 Å². The maximum atomic E-state index is 5.99. The number of nitrogens with one attached hydrogen (secondary N) is 1. The van der Waals surface area contributed by atoms with Gasteiger partial charge in [-0.1, -0.05) is 36.2 Å². The van der Waals surface area contributed by atoms with Crippen molar-refractivity contribution < 1.29 is 9.47 Å². The van der Waals surface area contributed by atoms with E-state index in [0.717, 1.165) is 29.2 Å². The largest absolute Gasteiger partial charge is 0.493 e. The summed E-state index contributed by atoms with van der Waals surface area (Å²) in [6.07, 6.45) is 0.960. The predicted molar refractivity (Wildman–Crippen MR) is 92.6 cm³/mol. The topological polar surface area (TPSA) is 30.5 Å². The van der Waals surface area contributed by atoms with Crippen LogP contribution in [0.25, 0.3) is 0 Å². The maximum absolute atomic E-state index is 5.99. The molecule has 0 saturated heterocycles. The van der Waals surface area contributed by atoms with E-state index in [2.05, 4.69) is 12.2 Å². The molecular weight excluding hydrogens is 321 g/mol. The summed E-state index contributed by atoms with van der Waals surface area (Å²) in [4.78, 5) is 0. The SMILES string of the molecule is CCCOc1ccc(CNc2cc(Cl)cc(Cl)c2)cc1OC. The second-order valence-electron chi connectivity index (χ2n) is 4.85. The van der Waals surface area contributed by atoms with E-state index < -0.39 is 0 Å². The third-order valence-electron chi connectivity index (χ3n) is 3.05. The van der Waals surface area contributed by atoms with Crippen LogP contribution in [0.4, 0.5) is 5.69 Å². The summed E-state index contributed by atoms with van der Waals surface area (Å²) in [5.41, 5.74) is 1.96. The van der Waals surface area contributed by atoms with Gasteiger partial charge in [0.1, 0.15) is 0 Å². The fourth-order valence-corrected chi connectivity index (χ4v) is 2.54. The van der Waals surface area contributed by atoms with Gasteiger partial charge >= 0.3 is 0 Å². The summed E-state index contributed by atoms with van der Waals surface area (Å²) >= 11 is 12.0. The van der Waals surface area contributed by atoms with E-state index in [-0.39, 0.29) is 0 Å². The molecule has 1 N–H and O–H groups in total. The Kier molecular flexibility index (Phi) is 6.22. The van der Waals surface area contributed by atoms with E-state index in [1.807, 2.05) is 30.3 Å². The normalized spacial score (nSPS) is 10.4. The van der Waals surface area contributed by atoms with Gasteiger partial charge in [-0.25, -0.2) is 0 Å². The van der Waals surface area contributed by atoms with Crippen LogP contribution in [0.15, 0.2) is 36.4 Å². The van der Waals surface area contributed by atoms with Gasteiger partial charge in [-0.3, -0.25) is 0 Å². The molecule has 0 aromatic heterocycles. The van der Waals surface area contributed by atoms with Gasteiger partial charge in [-0.15, -0.1) is 0 Å². The van der Waals surface area contributed by atoms with Crippen LogP contribution >= 0.6 is 23.2 Å². The van der Waals surface area contributed by atoms with Crippen molar-refractivity contribution in [2.75, 3.05) is 19.0 Å². The van der Waals surface area contributed by atoms with Crippen LogP contribution in [0, 0.1) is 0 Å². The molecule has 0 aliphatic heterocycles. The predicted octanol–water partition coefficient (Wildman–Crippen LogP) is 5.40. The highest BCUT2D eigenvalue weighted by molar-refractivity contribution is 6.35. The lowest BCUT2D eigenvalue weighted by Crippen LogP contribution is -2.02. The van der Waals surface area contributed by atoms with Crippen LogP contribution in [-0.2, 0) is 6.54 Å². The van der Waals surface area contributed by atoms with Crippen molar-refractivity contribution in [3.63, 3.8) is 0 Å². The first-order valence-corrected chi connectivity index (χ1v) is 7.87. The maximum Gasteiger partial charge on any atom is 0.161 e. The van der Waals surface area contributed by atoms with Crippen molar-refractivity contribution >= 4 is 28.9 Å². The molecule has 0 atom stereocenters. The zero-order valence-corrected chi connectivity index (χ0v) is 14.2. The molecule has 2 aromatic carbocycles. The summed E-state index contributed by atoms with van der Waals surface area (Å²) in [5.74, 6) is 1.50. The Hall–Kier alpha value is -1.58. The average Bonchev–Trinajstić information content (AvgIpc) is 2.50. The van der Waals surface area contributed by atoms with Gasteiger partial charge < -0.3 is 14.8 Å². The van der Waals surface area contributed by atoms with Crippen molar-refractivity contribution in [1.29, 1.82) is 0 Å². The molecule has 0 fully saturated rings. The minimum Gasteiger partial charge on any atom is -0.493 e. The van der Waals surface area contributed by atoms with Crippen LogP contribution in [0.1, 0.15) is 18.9 Å². The molecule has 0 heterocycles. The van der Waals surface area contributed by atoms with Gasteiger partial charge in [0.25, 0.3) is 0 Å². The van der Waals surface area contributed by atoms with E-state index >= 15 is 0 Å². The van der Waals surface area contributed by atoms with Gasteiger partial charge in [-0.2, -0.15) is 0 Å². The molecule has 5 heteroatoms. The minimum absolute atomic E-state index is 0.607. The summed E-state index contributed by atoms with van der Waals surface area (Å²) < 4.78 is 11.0. The molecule has 0 amide bonds. The fourth-order valence-electron chi connectivity index (χ4n) is 2.01. The molecule has 0 aliphatic rings. The molecule has 0 aliphatic carbocycles. The average molecular weight is 340 g/mol. The standard InChI is InChI=1S/C17H19Cl2NO2/c1-3-6-22-16-5-4-12(7-17(16)21-2)11-20-15-9-13(18)8-14(19)10-15/h4-5,7-10,20H,3,6,11H2,1-2H3. The molecule has 118 valence electrons. The van der Waals surface area contributed by atoms with Crippen molar-refractivity contribution in [2.45, 2.75) is 19.9 Å². The Morgan fingerprint density at radius 2 is 1.73 bits per heavy atom. The Balaban J connectivity index is 2.06. The monoisotopic (exact) mass is 339 g/mol. The van der Waals surface area contributed by atoms with E-state index in [0.29, 0.717) is 23.2 Å². The van der Waals surface area contributed by atoms with Crippen LogP contribution in [0.3, 0.4) is 0 Å². The zero-order valence-electron chi connectivity index (χ0n) is 12.7. The van der Waals surface area contributed by atoms with Crippen molar-refractivity contribution in [3.05, 3.63) is 52.0 Å². The number of hydrogen-bond acceptors (Lipinski definition) is 3. The first kappa shape index (κ1) is 16.8. The first-order chi connectivity index (χ1) is 10.6. The molecule has 2 rings (SSSR count). The third-order valence-corrected chi connectivity index (χ3v) is 3.49. The smallest absolute Gasteiger partial charge is 0.161 e. The Labute approximate surface area is 141 Å². The highest BCUT2D eigenvalue weighted by Crippen LogP contribution is 2.29. The summed E-state index contributed by atoms with van der Waals surface area (Å²) in [6.45, 7) is 3.39. The van der Waals surface area contributed by atoms with Gasteiger partial charge in [0.15, 0.2) is 11.5 Å². The van der Waals surface area contributed by atoms with Gasteiger partial charge in [0.2, 0.25) is 0 Å². The van der Waals surface area contributed by atoms with E-state index in [1.165, 1.54) is 0 Å². The molecule has 0 bridgehead atoms. The second-order valence-corrected chi connectivity index (χ2v) is 5.72. The molecule has 2 aromatic rings. The number of halogens is 2. The third kappa shape index (κ3) is 4.72. The molecular formula is C17H19Cl2NO2. The van der Waals surface area contributed by atoms with Crippen molar-refractivity contribution in [2.24, 2.45) is 0 Å². The lowest BCUT2D eigenvalue weighted by atomic mass is 10.2. The number of methoxy groups -OCH3 is 1. The minimum atomic E-state index is 0.607. The summed E-state index contributed by atoms with van der Waals surface area (Å²) in [6, 6.07) is 11.3. The highest BCUT2D eigenvalue weighted by atomic mass is 35.5. The quantitative estimate of drug-likeness (QED) is 0.732. The lowest BCUT2D eigenvalue weighted by molar-refractivity contribution is 0.294. The number of anilines is 1. The summed E-state index contributed by atoms with van der Waals surface area (Å²) in [7, 11) is 1.64. The van der Waals surface area contributed by atoms with Gasteiger partial charge in [0.05, 0.1) is 13.7 Å². The van der Waals surface area contributed by atoms with Crippen molar-refractivity contribution in [1.82, 2.24) is 0 Å². The number of hydrogen-bond donors (Lipinski definition) is 1. The molecule has 0 spiro atoms. The van der Waals surface area contributed by atoms with Crippen LogP contribution in [-0.4, -0.2) is 13.7 Å². The summed E-state index contributed by atoms with van der Waals surface area (Å²) in [5, 5.41) is 4.51. The molecule has 0 radical (unpaired) electrons. The van der Waals surface area contributed by atoms with Crippen LogP contribution < -0.4 is 14.8 Å². The Bertz CT molecular complexity index is 612. The fraction of sp³-hybridized carbons (Fsp3) is 0.294. The highest BCUT2D eigenvalue weighted by Gasteiger charge is 2.06.